The van der Waals surface area contributed by atoms with Crippen molar-refractivity contribution in [3.8, 4) is 0 Å². The second-order valence-electron chi connectivity index (χ2n) is 4.42. The van der Waals surface area contributed by atoms with Gasteiger partial charge in [-0.15, -0.1) is 0 Å². The van der Waals surface area contributed by atoms with Gasteiger partial charge in [-0.25, -0.2) is 0 Å². The van der Waals surface area contributed by atoms with Crippen LogP contribution in [0.25, 0.3) is 10.8 Å². The minimum atomic E-state index is -1.16. The van der Waals surface area contributed by atoms with E-state index in [4.69, 9.17) is 0 Å². The zero-order valence-corrected chi connectivity index (χ0v) is 10.8. The Morgan fingerprint density at radius 1 is 0.905 bits per heavy atom. The molecular weight excluding hydrogens is 282 g/mol. The fourth-order valence-electron chi connectivity index (χ4n) is 2.05. The fraction of sp³-hybridized carbons (Fsp3) is 0.167. The lowest BCUT2D eigenvalue weighted by molar-refractivity contribution is -0.524. The molecule has 2 aromatic rings. The first-order chi connectivity index (χ1) is 9.81. The molecule has 2 aromatic carbocycles. The quantitative estimate of drug-likeness (QED) is 0.628. The summed E-state index contributed by atoms with van der Waals surface area (Å²) in [6, 6.07) is 4.88. The highest BCUT2D eigenvalue weighted by Gasteiger charge is 2.23. The van der Waals surface area contributed by atoms with Crippen molar-refractivity contribution < 1.29 is 14.8 Å². The Kier molecular flexibility index (Phi) is 3.49. The fourth-order valence-corrected chi connectivity index (χ4v) is 2.05. The maximum Gasteiger partial charge on any atom is 0.270 e. The monoisotopic (exact) mass is 291 g/mol. The molecule has 0 N–H and O–H groups in total. The van der Waals surface area contributed by atoms with E-state index in [0.717, 1.165) is 6.07 Å². The third kappa shape index (κ3) is 2.61. The molecule has 9 heteroatoms. The molecule has 108 valence electrons. The molecule has 0 fully saturated rings. The number of benzene rings is 2. The van der Waals surface area contributed by atoms with E-state index in [0.29, 0.717) is 5.39 Å². The molecule has 1 atom stereocenters. The summed E-state index contributed by atoms with van der Waals surface area (Å²) in [5.74, 6) is 0. The molecule has 0 amide bonds. The molecule has 1 unspecified atom stereocenters. The highest BCUT2D eigenvalue weighted by atomic mass is 16.6. The van der Waals surface area contributed by atoms with Gasteiger partial charge < -0.3 is 0 Å². The van der Waals surface area contributed by atoms with Crippen molar-refractivity contribution in [1.82, 2.24) is 0 Å². The average Bonchev–Trinajstić information content (AvgIpc) is 2.44. The van der Waals surface area contributed by atoms with Gasteiger partial charge in [-0.1, -0.05) is 0 Å². The van der Waals surface area contributed by atoms with Gasteiger partial charge in [0.05, 0.1) is 9.85 Å². The molecule has 0 saturated carbocycles. The molecule has 0 bridgehead atoms. The SMILES string of the molecule is CC(c1cc([N+](=O)[O-])cc2cc([N+](=O)[O-])ccc12)[N+](=O)[O-]. The predicted molar refractivity (Wildman–Crippen MR) is 72.7 cm³/mol. The van der Waals surface area contributed by atoms with Crippen molar-refractivity contribution in [2.45, 2.75) is 13.0 Å². The second-order valence-corrected chi connectivity index (χ2v) is 4.42. The summed E-state index contributed by atoms with van der Waals surface area (Å²) < 4.78 is 0. The molecule has 2 rings (SSSR count). The van der Waals surface area contributed by atoms with Gasteiger partial charge in [0.1, 0.15) is 0 Å². The van der Waals surface area contributed by atoms with Crippen molar-refractivity contribution in [3.63, 3.8) is 0 Å². The molecule has 0 heterocycles. The van der Waals surface area contributed by atoms with E-state index >= 15 is 0 Å². The highest BCUT2D eigenvalue weighted by Crippen LogP contribution is 2.32. The Labute approximate surface area is 117 Å². The van der Waals surface area contributed by atoms with Crippen LogP contribution >= 0.6 is 0 Å². The lowest BCUT2D eigenvalue weighted by atomic mass is 9.98. The van der Waals surface area contributed by atoms with Crippen LogP contribution in [0.1, 0.15) is 18.5 Å². The maximum atomic E-state index is 10.9. The van der Waals surface area contributed by atoms with Crippen LogP contribution in [0.4, 0.5) is 11.4 Å². The predicted octanol–water partition coefficient (Wildman–Crippen LogP) is 2.99. The number of non-ortho nitro benzene ring substituents is 2. The van der Waals surface area contributed by atoms with Crippen LogP contribution in [-0.4, -0.2) is 14.8 Å². The van der Waals surface area contributed by atoms with Gasteiger partial charge in [0, 0.05) is 41.7 Å². The van der Waals surface area contributed by atoms with E-state index in [-0.39, 0.29) is 22.3 Å². The molecule has 21 heavy (non-hydrogen) atoms. The van der Waals surface area contributed by atoms with Crippen molar-refractivity contribution in [2.24, 2.45) is 0 Å². The number of nitro benzene ring substituents is 2. The Hall–Kier alpha value is -3.10. The third-order valence-electron chi connectivity index (χ3n) is 3.14. The summed E-state index contributed by atoms with van der Waals surface area (Å²) in [6.45, 7) is 1.31. The third-order valence-corrected chi connectivity index (χ3v) is 3.14. The van der Waals surface area contributed by atoms with Gasteiger partial charge in [0.25, 0.3) is 11.4 Å². The Morgan fingerprint density at radius 2 is 1.48 bits per heavy atom. The van der Waals surface area contributed by atoms with E-state index < -0.39 is 20.8 Å². The van der Waals surface area contributed by atoms with Crippen molar-refractivity contribution in [3.05, 3.63) is 66.2 Å². The summed E-state index contributed by atoms with van der Waals surface area (Å²) in [6.07, 6.45) is 0. The van der Waals surface area contributed by atoms with Crippen LogP contribution in [0.5, 0.6) is 0 Å². The standard InChI is InChI=1S/C12H9N3O6/c1-7(13(16)17)12-6-10(15(20)21)5-8-4-9(14(18)19)2-3-11(8)12/h2-7H,1H3. The molecule has 0 aliphatic heterocycles. The van der Waals surface area contributed by atoms with Crippen molar-refractivity contribution in [2.75, 3.05) is 0 Å². The Morgan fingerprint density at radius 3 is 2.00 bits per heavy atom. The number of nitro groups is 3. The first kappa shape index (κ1) is 14.3. The number of hydrogen-bond donors (Lipinski definition) is 0. The van der Waals surface area contributed by atoms with Crippen molar-refractivity contribution >= 4 is 22.1 Å². The summed E-state index contributed by atoms with van der Waals surface area (Å²) >= 11 is 0. The van der Waals surface area contributed by atoms with Crippen LogP contribution in [0.15, 0.2) is 30.3 Å². The van der Waals surface area contributed by atoms with E-state index in [9.17, 15) is 30.3 Å². The van der Waals surface area contributed by atoms with E-state index in [1.807, 2.05) is 0 Å². The normalized spacial score (nSPS) is 12.0. The second kappa shape index (κ2) is 5.12. The molecule has 0 aromatic heterocycles. The Bertz CT molecular complexity index is 768. The minimum absolute atomic E-state index is 0.152. The molecule has 0 radical (unpaired) electrons. The van der Waals surface area contributed by atoms with Crippen LogP contribution in [0.2, 0.25) is 0 Å². The summed E-state index contributed by atoms with van der Waals surface area (Å²) in [5.41, 5.74) is -0.423. The van der Waals surface area contributed by atoms with Gasteiger partial charge in [-0.2, -0.15) is 0 Å². The van der Waals surface area contributed by atoms with Gasteiger partial charge in [-0.3, -0.25) is 30.3 Å². The zero-order valence-electron chi connectivity index (χ0n) is 10.8. The largest absolute Gasteiger partial charge is 0.270 e. The summed E-state index contributed by atoms with van der Waals surface area (Å²) in [5, 5.41) is 33.2. The number of hydrogen-bond acceptors (Lipinski definition) is 6. The van der Waals surface area contributed by atoms with Gasteiger partial charge in [-0.05, 0) is 16.8 Å². The zero-order chi connectivity index (χ0) is 15.7. The minimum Gasteiger partial charge on any atom is -0.264 e. The van der Waals surface area contributed by atoms with Crippen molar-refractivity contribution in [1.29, 1.82) is 0 Å². The molecule has 0 aliphatic rings. The lowest BCUT2D eigenvalue weighted by Crippen LogP contribution is -2.07. The van der Waals surface area contributed by atoms with E-state index in [1.54, 1.807) is 0 Å². The first-order valence-corrected chi connectivity index (χ1v) is 5.81. The molecule has 9 nitrogen and oxygen atoms in total. The molecule has 0 saturated heterocycles. The van der Waals surface area contributed by atoms with Crippen LogP contribution in [0, 0.1) is 30.3 Å². The summed E-state index contributed by atoms with van der Waals surface area (Å²) in [7, 11) is 0. The van der Waals surface area contributed by atoms with E-state index in [2.05, 4.69) is 0 Å². The molecule has 0 spiro atoms. The molecular formula is C12H9N3O6. The summed E-state index contributed by atoms with van der Waals surface area (Å²) in [4.78, 5) is 30.7. The van der Waals surface area contributed by atoms with E-state index in [1.165, 1.54) is 31.2 Å². The van der Waals surface area contributed by atoms with Crippen LogP contribution in [-0.2, 0) is 0 Å². The van der Waals surface area contributed by atoms with Gasteiger partial charge >= 0.3 is 0 Å². The van der Waals surface area contributed by atoms with Gasteiger partial charge in [0.2, 0.25) is 6.04 Å². The van der Waals surface area contributed by atoms with Crippen LogP contribution in [0.3, 0.4) is 0 Å². The Balaban J connectivity index is 2.79. The first-order valence-electron chi connectivity index (χ1n) is 5.81. The lowest BCUT2D eigenvalue weighted by Gasteiger charge is -2.08. The maximum absolute atomic E-state index is 10.9. The number of nitrogens with zero attached hydrogens (tertiary/aromatic N) is 3. The average molecular weight is 291 g/mol. The van der Waals surface area contributed by atoms with Gasteiger partial charge in [0.15, 0.2) is 0 Å². The molecule has 0 aliphatic carbocycles. The number of fused-ring (bicyclic) bond motifs is 1. The topological polar surface area (TPSA) is 129 Å². The van der Waals surface area contributed by atoms with Crippen LogP contribution < -0.4 is 0 Å². The smallest absolute Gasteiger partial charge is 0.264 e. The number of rotatable bonds is 4. The highest BCUT2D eigenvalue weighted by molar-refractivity contribution is 5.90.